The molecule has 8 aromatic carbocycles. The lowest BCUT2D eigenvalue weighted by atomic mass is 9.84. The molecule has 1 aliphatic carbocycles. The number of nitrogens with one attached hydrogen (secondary N) is 8. The van der Waals surface area contributed by atoms with Gasteiger partial charge < -0.3 is 137 Å². The van der Waals surface area contributed by atoms with Gasteiger partial charge in [0.1, 0.15) is 108 Å². The second kappa shape index (κ2) is 37.4. The van der Waals surface area contributed by atoms with E-state index >= 15 is 28.8 Å². The topological polar surface area (TPSA) is 552 Å². The Balaban J connectivity index is 0.913. The number of rotatable bonds is 19. The minimum absolute atomic E-state index is 0.120. The Morgan fingerprint density at radius 2 is 1.25 bits per heavy atom. The summed E-state index contributed by atoms with van der Waals surface area (Å²) in [5.41, 5.74) is 5.93. The van der Waals surface area contributed by atoms with E-state index in [1.165, 1.54) is 13.2 Å². The van der Waals surface area contributed by atoms with Crippen LogP contribution < -0.4 is 67.2 Å². The molecule has 8 aromatic rings. The number of primary amides is 1. The van der Waals surface area contributed by atoms with Gasteiger partial charge in [0.2, 0.25) is 53.4 Å². The van der Waals surface area contributed by atoms with E-state index < -0.39 is 260 Å². The molecule has 0 aromatic heterocycles. The number of methoxy groups -OCH3 is 1. The number of phenols is 3. The van der Waals surface area contributed by atoms with E-state index in [2.05, 4.69) is 42.5 Å². The number of fused-ring (bicyclic) bond motifs is 18. The fraction of sp³-hybridized carbons (Fsp3) is 0.352. The molecule has 16 rings (SSSR count). The lowest BCUT2D eigenvalue weighted by Crippen LogP contribution is -2.65. The second-order valence-electron chi connectivity index (χ2n) is 32.0. The van der Waals surface area contributed by atoms with Crippen LogP contribution >= 0.6 is 23.2 Å². The number of aliphatic hydroxyl groups excluding tert-OH is 6. The zero-order chi connectivity index (χ0) is 90.2. The van der Waals surface area contributed by atoms with Crippen LogP contribution in [0.3, 0.4) is 0 Å². The average molecular weight is 1780 g/mol. The fourth-order valence-corrected chi connectivity index (χ4v) is 16.8. The number of carbonyl (C=O) groups excluding carboxylic acids is 8. The van der Waals surface area contributed by atoms with Crippen LogP contribution in [0.5, 0.6) is 51.7 Å². The Morgan fingerprint density at radius 3 is 1.87 bits per heavy atom. The van der Waals surface area contributed by atoms with E-state index in [-0.39, 0.29) is 48.6 Å². The molecule has 11 bridgehead atoms. The quantitative estimate of drug-likeness (QED) is 0.0490. The number of phenolic OH excluding ortho intramolecular Hbond substituents is 3. The summed E-state index contributed by atoms with van der Waals surface area (Å²) in [5, 5.41) is 137. The summed E-state index contributed by atoms with van der Waals surface area (Å²) >= 11 is 14.4. The number of carboxylic acids is 1. The Morgan fingerprint density at radius 1 is 0.643 bits per heavy atom. The van der Waals surface area contributed by atoms with Gasteiger partial charge in [0.05, 0.1) is 42.4 Å². The summed E-state index contributed by atoms with van der Waals surface area (Å²) in [6.07, 6.45) is -20.5. The highest BCUT2D eigenvalue weighted by Gasteiger charge is 2.53. The van der Waals surface area contributed by atoms with Crippen LogP contribution in [0.15, 0.2) is 152 Å². The third kappa shape index (κ3) is 18.9. The number of hydrogen-bond donors (Lipinski definition) is 19. The van der Waals surface area contributed by atoms with Gasteiger partial charge in [-0.05, 0) is 143 Å². The highest BCUT2D eigenvalue weighted by atomic mass is 35.5. The van der Waals surface area contributed by atoms with Gasteiger partial charge in [0.25, 0.3) is 0 Å². The lowest BCUT2D eigenvalue weighted by Gasteiger charge is -2.48. The molecule has 0 radical (unpaired) electrons. The second-order valence-corrected chi connectivity index (χ2v) is 32.8. The number of aliphatic hydroxyl groups is 6. The molecule has 18 atom stereocenters. The van der Waals surface area contributed by atoms with Crippen LogP contribution in [-0.4, -0.2) is 204 Å². The van der Waals surface area contributed by atoms with Crippen molar-refractivity contribution < 1.29 is 132 Å². The van der Waals surface area contributed by atoms with Crippen molar-refractivity contribution in [2.45, 2.75) is 169 Å². The summed E-state index contributed by atoms with van der Waals surface area (Å²) in [4.78, 5) is 134. The van der Waals surface area contributed by atoms with Crippen molar-refractivity contribution in [2.24, 2.45) is 11.7 Å². The zero-order valence-electron chi connectivity index (χ0n) is 67.9. The van der Waals surface area contributed by atoms with Gasteiger partial charge in [0, 0.05) is 47.2 Å². The predicted octanol–water partition coefficient (Wildman–Crippen LogP) is 5.27. The van der Waals surface area contributed by atoms with Gasteiger partial charge in [-0.2, -0.15) is 0 Å². The lowest BCUT2D eigenvalue weighted by molar-refractivity contribution is -0.334. The largest absolute Gasteiger partial charge is 0.508 e. The zero-order valence-corrected chi connectivity index (χ0v) is 69.4. The number of hydrogen-bond acceptors (Lipinski definition) is 27. The number of nitrogens with two attached hydrogens (primary N) is 1. The summed E-state index contributed by atoms with van der Waals surface area (Å²) in [6, 6.07) is 20.3. The number of aliphatic carboxylic acids is 1. The third-order valence-corrected chi connectivity index (χ3v) is 23.5. The number of ether oxygens (including phenoxy) is 8. The van der Waals surface area contributed by atoms with Crippen molar-refractivity contribution in [3.8, 4) is 74.0 Å². The van der Waals surface area contributed by atoms with Gasteiger partial charge >= 0.3 is 12.1 Å². The van der Waals surface area contributed by atoms with E-state index in [0.29, 0.717) is 5.75 Å². The molecular weight excluding hydrogens is 1690 g/mol. The third-order valence-electron chi connectivity index (χ3n) is 22.9. The molecule has 36 nitrogen and oxygen atoms in total. The first-order valence-electron chi connectivity index (χ1n) is 40.1. The molecular formula is C88H91Cl2N9O27. The standard InChI is InChI=1S/C88H91Cl2N9O27/c1-37(2)24-55(94-87(118)120-36-52-48-12-8-6-10-46(48)47-11-7-9-13-49(47)52)79(110)98-70-72(105)41-17-22-59(53(89)26-41)122-61-28-43-29-62(76(61)126-86-77(75(108)74(107)63(35-100)124-86)125-65-33-88(4,78(109)38(3)121-65)92-34-39-14-19-45(119-5)20-15-39)123-60-23-18-42(27-54(60)90)73(106)71-84(115)97-69(85(116)117)51-30-44(101)31-58(103)66(51)50-25-40(16-21-57(50)102)67(81(112)99-71)96-82(113)68(43)95-80(111)56(32-64(91)104)93-83(70)114/h6-23,25-31,37-38,52,55-56,63,65,67-75,77-78,86,92,100-103,105-109H,24,32-36H2,1-5H3,(H2,91,104)(H,93,114)(H,94,118)(H,95,111)(H,96,113)(H,97,115)(H,98,110)(H,99,112)(H,116,117)/t38-,55+,56-,63+,65-,67+,68+,69-,70+,71-,72+,73+,74+,75-,77+,78+,86-,88-/m0/s1. The van der Waals surface area contributed by atoms with E-state index in [1.54, 1.807) is 52.0 Å². The summed E-state index contributed by atoms with van der Waals surface area (Å²) in [5.74, 6) is -17.0. The molecule has 2 fully saturated rings. The van der Waals surface area contributed by atoms with E-state index in [9.17, 15) is 65.4 Å². The van der Waals surface area contributed by atoms with Gasteiger partial charge in [-0.25, -0.2) is 9.59 Å². The number of aromatic hydroxyl groups is 3. The van der Waals surface area contributed by atoms with Crippen molar-refractivity contribution in [1.29, 1.82) is 0 Å². The van der Waals surface area contributed by atoms with E-state index in [0.717, 1.165) is 101 Å². The van der Waals surface area contributed by atoms with Crippen LogP contribution in [0.4, 0.5) is 4.79 Å². The van der Waals surface area contributed by atoms with Gasteiger partial charge in [0.15, 0.2) is 29.9 Å². The summed E-state index contributed by atoms with van der Waals surface area (Å²) in [7, 11) is 1.51. The van der Waals surface area contributed by atoms with Gasteiger partial charge in [-0.3, -0.25) is 33.6 Å². The van der Waals surface area contributed by atoms with Gasteiger partial charge in [-0.15, -0.1) is 0 Å². The van der Waals surface area contributed by atoms with Crippen LogP contribution in [0.2, 0.25) is 10.0 Å². The van der Waals surface area contributed by atoms with Crippen molar-refractivity contribution in [3.05, 3.63) is 206 Å². The summed E-state index contributed by atoms with van der Waals surface area (Å²) < 4.78 is 50.7. The minimum atomic E-state index is -2.42. The highest BCUT2D eigenvalue weighted by molar-refractivity contribution is 6.32. The number of alkyl carbamates (subject to hydrolysis) is 1. The van der Waals surface area contributed by atoms with Crippen LogP contribution in [-0.2, 0) is 63.8 Å². The molecule has 7 heterocycles. The van der Waals surface area contributed by atoms with Crippen LogP contribution in [0, 0.1) is 5.92 Å². The Hall–Kier alpha value is -12.4. The van der Waals surface area contributed by atoms with E-state index in [4.69, 9.17) is 66.8 Å². The smallest absolute Gasteiger partial charge is 0.407 e. The number of amides is 8. The first kappa shape index (κ1) is 89.8. The highest BCUT2D eigenvalue weighted by Crippen LogP contribution is 2.51. The Labute approximate surface area is 728 Å². The fourth-order valence-electron chi connectivity index (χ4n) is 16.3. The van der Waals surface area contributed by atoms with Crippen molar-refractivity contribution >= 4 is 76.6 Å². The maximum atomic E-state index is 16.4. The molecule has 0 spiro atoms. The minimum Gasteiger partial charge on any atom is -0.508 e. The molecule has 0 unspecified atom stereocenters. The molecule has 2 saturated heterocycles. The molecule has 664 valence electrons. The Kier molecular flexibility index (Phi) is 26.7. The molecule has 8 amide bonds. The molecule has 38 heteroatoms. The molecule has 8 aliphatic rings. The van der Waals surface area contributed by atoms with Crippen molar-refractivity contribution in [2.75, 3.05) is 20.3 Å². The van der Waals surface area contributed by atoms with Gasteiger partial charge in [-0.1, -0.05) is 116 Å². The SMILES string of the molecule is COc1ccc(CN[C@@]2(C)C[C@H](O[C@H]3[C@H](Oc4c5cc6cc4Oc4ccc(cc4Cl)[C@@H](O)[C@@H](NC(=O)[C@@H](CC(C)C)NC(=O)OCC4c7ccccc7-c7ccccc74)C(=O)N[C@@H](CC(N)=O)C(=O)N[C@H]6C(=O)N[C@H]4C(=O)N[C@H](C(=O)N[C@H](C(=O)O)c6cc(O)cc(O)c6-c6cc4ccc6O)[C@H](O)c4ccc(c(Cl)c4)O5)O[C@H](CO)[C@@H](O)[C@@H]3O)O[C@@H](C)[C@H]2O)cc1. The first-order chi connectivity index (χ1) is 60.1. The predicted molar refractivity (Wildman–Crippen MR) is 444 cm³/mol. The number of carboxylic acid groups (broad SMARTS) is 1. The maximum absolute atomic E-state index is 16.4. The average Bonchev–Trinajstić information content (AvgIpc) is 1.35. The van der Waals surface area contributed by atoms with E-state index in [1.807, 2.05) is 48.5 Å². The monoisotopic (exact) mass is 1780 g/mol. The van der Waals surface area contributed by atoms with Crippen molar-refractivity contribution in [1.82, 2.24) is 42.5 Å². The summed E-state index contributed by atoms with van der Waals surface area (Å²) in [6.45, 7) is 5.70. The van der Waals surface area contributed by atoms with Crippen molar-refractivity contribution in [3.63, 3.8) is 0 Å². The molecule has 7 aliphatic heterocycles. The molecule has 0 saturated carbocycles. The molecule has 20 N–H and O–H groups in total. The number of benzene rings is 8. The number of carbonyl (C=O) groups is 9. The maximum Gasteiger partial charge on any atom is 0.407 e. The normalized spacial score (nSPS) is 26.2. The van der Waals surface area contributed by atoms with Crippen LogP contribution in [0.25, 0.3) is 22.3 Å². The first-order valence-corrected chi connectivity index (χ1v) is 40.8. The molecule has 126 heavy (non-hydrogen) atoms. The van der Waals surface area contributed by atoms with Crippen LogP contribution in [0.1, 0.15) is 128 Å². The Bertz CT molecular complexity index is 5510. The number of halogens is 2.